The van der Waals surface area contributed by atoms with Crippen LogP contribution in [0.5, 0.6) is 0 Å². The topological polar surface area (TPSA) is 116 Å². The van der Waals surface area contributed by atoms with E-state index < -0.39 is 20.0 Å². The van der Waals surface area contributed by atoms with Gasteiger partial charge in [0.1, 0.15) is 0 Å². The first kappa shape index (κ1) is 14.3. The van der Waals surface area contributed by atoms with E-state index in [1.807, 2.05) is 0 Å². The summed E-state index contributed by atoms with van der Waals surface area (Å²) < 4.78 is 29.0. The maximum atomic E-state index is 11.5. The van der Waals surface area contributed by atoms with Crippen LogP contribution in [-0.4, -0.2) is 45.4 Å². The average Bonchev–Trinajstić information content (AvgIpc) is 2.38. The minimum absolute atomic E-state index is 0.0406. The summed E-state index contributed by atoms with van der Waals surface area (Å²) in [7, 11) is 0. The van der Waals surface area contributed by atoms with E-state index >= 15 is 0 Å². The summed E-state index contributed by atoms with van der Waals surface area (Å²) in [5.74, 6) is -0.899. The van der Waals surface area contributed by atoms with Crippen molar-refractivity contribution >= 4 is 37.2 Å². The zero-order chi connectivity index (χ0) is 14.8. The standard InChI is InChI=1S/C12H9AsN2O5/c16-11-4-2-1-3-9(11)14-15-10-7-8(13(18,19)20)5-6-12(10)17/h1-7H,(H2,18,19,20)/b14-9-,15-10+. The second kappa shape index (κ2) is 5.50. The fourth-order valence-corrected chi connectivity index (χ4v) is 2.59. The molecular formula is C12H9AsN2O5. The Balaban J connectivity index is 2.34. The fourth-order valence-electron chi connectivity index (χ4n) is 1.41. The molecule has 8 heteroatoms. The summed E-state index contributed by atoms with van der Waals surface area (Å²) in [6.07, 6.45) is 8.89. The van der Waals surface area contributed by atoms with Gasteiger partial charge in [0.2, 0.25) is 0 Å². The molecular weight excluding hydrogens is 327 g/mol. The second-order valence-corrected chi connectivity index (χ2v) is 7.23. The van der Waals surface area contributed by atoms with Gasteiger partial charge in [-0.2, -0.15) is 0 Å². The summed E-state index contributed by atoms with van der Waals surface area (Å²) in [5.41, 5.74) is -0.186. The Kier molecular flexibility index (Phi) is 3.94. The third-order valence-corrected chi connectivity index (χ3v) is 4.40. The van der Waals surface area contributed by atoms with Crippen molar-refractivity contribution < 1.29 is 21.5 Å². The van der Waals surface area contributed by atoms with Gasteiger partial charge in [-0.25, -0.2) is 0 Å². The van der Waals surface area contributed by atoms with Gasteiger partial charge in [-0.1, -0.05) is 0 Å². The Labute approximate surface area is 116 Å². The molecule has 0 atom stereocenters. The molecule has 0 saturated heterocycles. The first-order valence-corrected chi connectivity index (χ1v) is 8.81. The average molecular weight is 336 g/mol. The van der Waals surface area contributed by atoms with Gasteiger partial charge in [0, 0.05) is 0 Å². The van der Waals surface area contributed by atoms with Gasteiger partial charge in [0.15, 0.2) is 0 Å². The van der Waals surface area contributed by atoms with Gasteiger partial charge in [-0.05, 0) is 0 Å². The summed E-state index contributed by atoms with van der Waals surface area (Å²) in [6.45, 7) is 0. The molecule has 102 valence electrons. The van der Waals surface area contributed by atoms with Gasteiger partial charge < -0.3 is 0 Å². The van der Waals surface area contributed by atoms with Crippen LogP contribution < -0.4 is 0 Å². The van der Waals surface area contributed by atoms with Crippen molar-refractivity contribution in [2.24, 2.45) is 10.2 Å². The van der Waals surface area contributed by atoms with Crippen molar-refractivity contribution in [1.29, 1.82) is 0 Å². The maximum absolute atomic E-state index is 11.5. The summed E-state index contributed by atoms with van der Waals surface area (Å²) in [4.78, 5) is 22.9. The number of carbonyl (C=O) groups excluding carboxylic acids is 2. The number of allylic oxidation sites excluding steroid dienone is 8. The number of ketones is 2. The van der Waals surface area contributed by atoms with E-state index in [9.17, 15) is 13.3 Å². The predicted molar refractivity (Wildman–Crippen MR) is 71.3 cm³/mol. The molecule has 7 nitrogen and oxygen atoms in total. The van der Waals surface area contributed by atoms with Gasteiger partial charge in [-0.15, -0.1) is 0 Å². The minimum atomic E-state index is -5.10. The predicted octanol–water partition coefficient (Wildman–Crippen LogP) is -0.563. The van der Waals surface area contributed by atoms with Crippen molar-refractivity contribution in [2.45, 2.75) is 0 Å². The van der Waals surface area contributed by atoms with Crippen LogP contribution in [0.15, 0.2) is 57.1 Å². The first-order chi connectivity index (χ1) is 9.38. The molecule has 0 heterocycles. The van der Waals surface area contributed by atoms with E-state index in [2.05, 4.69) is 10.2 Å². The zero-order valence-corrected chi connectivity index (χ0v) is 11.9. The molecule has 0 fully saturated rings. The van der Waals surface area contributed by atoms with Crippen LogP contribution in [0.4, 0.5) is 0 Å². The Morgan fingerprint density at radius 1 is 0.850 bits per heavy atom. The van der Waals surface area contributed by atoms with Gasteiger partial charge in [-0.3, -0.25) is 0 Å². The molecule has 2 aliphatic carbocycles. The SMILES string of the molecule is O=C1C=CC=C/C1=N/N=C1\C=C([As](=O)(O)O)C=CC1=O. The third-order valence-electron chi connectivity index (χ3n) is 2.41. The van der Waals surface area contributed by atoms with Crippen LogP contribution in [0, 0.1) is 0 Å². The van der Waals surface area contributed by atoms with Crippen LogP contribution >= 0.6 is 0 Å². The molecule has 2 N–H and O–H groups in total. The quantitative estimate of drug-likeness (QED) is 0.398. The van der Waals surface area contributed by atoms with E-state index in [0.717, 1.165) is 18.2 Å². The molecule has 0 spiro atoms. The van der Waals surface area contributed by atoms with Gasteiger partial charge in [0.25, 0.3) is 0 Å². The van der Waals surface area contributed by atoms with Crippen LogP contribution in [0.25, 0.3) is 0 Å². The Morgan fingerprint density at radius 2 is 1.45 bits per heavy atom. The number of hydrogen-bond donors (Lipinski definition) is 2. The number of carbonyl (C=O) groups is 2. The number of nitrogens with zero attached hydrogens (tertiary/aromatic N) is 2. The van der Waals surface area contributed by atoms with Crippen molar-refractivity contribution in [3.63, 3.8) is 0 Å². The third kappa shape index (κ3) is 3.27. The molecule has 0 unspecified atom stereocenters. The van der Waals surface area contributed by atoms with E-state index in [1.165, 1.54) is 18.2 Å². The van der Waals surface area contributed by atoms with E-state index in [0.29, 0.717) is 0 Å². The van der Waals surface area contributed by atoms with E-state index in [4.69, 9.17) is 8.19 Å². The molecule has 0 aromatic heterocycles. The monoisotopic (exact) mass is 336 g/mol. The molecule has 0 aromatic rings. The van der Waals surface area contributed by atoms with Crippen LogP contribution in [0.3, 0.4) is 0 Å². The molecule has 0 aliphatic heterocycles. The molecule has 2 aliphatic rings. The fraction of sp³-hybridized carbons (Fsp3) is 0. The van der Waals surface area contributed by atoms with Gasteiger partial charge in [0.05, 0.1) is 0 Å². The van der Waals surface area contributed by atoms with Crippen LogP contribution in [-0.2, 0) is 13.3 Å². The molecule has 0 bridgehead atoms. The Hall–Kier alpha value is -2.08. The molecule has 0 aromatic carbocycles. The van der Waals surface area contributed by atoms with Crippen molar-refractivity contribution in [3.05, 3.63) is 46.9 Å². The molecule has 20 heavy (non-hydrogen) atoms. The molecule has 0 radical (unpaired) electrons. The van der Waals surface area contributed by atoms with Crippen molar-refractivity contribution in [2.75, 3.05) is 0 Å². The van der Waals surface area contributed by atoms with E-state index in [1.54, 1.807) is 6.08 Å². The number of rotatable bonds is 2. The Bertz CT molecular complexity index is 703. The Morgan fingerprint density at radius 3 is 2.10 bits per heavy atom. The number of hydrogen-bond acceptors (Lipinski definition) is 5. The summed E-state index contributed by atoms with van der Waals surface area (Å²) >= 11 is -5.10. The molecule has 2 rings (SSSR count). The normalized spacial score (nSPS) is 22.8. The molecule has 0 saturated carbocycles. The second-order valence-electron chi connectivity index (χ2n) is 3.86. The van der Waals surface area contributed by atoms with Crippen LogP contribution in [0.1, 0.15) is 0 Å². The zero-order valence-electron chi connectivity index (χ0n) is 10.0. The van der Waals surface area contributed by atoms with Crippen molar-refractivity contribution in [3.8, 4) is 0 Å². The van der Waals surface area contributed by atoms with Crippen LogP contribution in [0.2, 0.25) is 0 Å². The van der Waals surface area contributed by atoms with Gasteiger partial charge >= 0.3 is 116 Å². The summed E-state index contributed by atoms with van der Waals surface area (Å²) in [5, 5.41) is 7.22. The summed E-state index contributed by atoms with van der Waals surface area (Å²) in [6, 6.07) is 0. The van der Waals surface area contributed by atoms with Crippen molar-refractivity contribution in [1.82, 2.24) is 0 Å². The van der Waals surface area contributed by atoms with E-state index in [-0.39, 0.29) is 21.6 Å². The molecule has 0 amide bonds. The first-order valence-electron chi connectivity index (χ1n) is 5.43.